The first-order valence-electron chi connectivity index (χ1n) is 7.22. The van der Waals surface area contributed by atoms with Gasteiger partial charge in [0.1, 0.15) is 0 Å². The third-order valence-corrected chi connectivity index (χ3v) is 4.62. The van der Waals surface area contributed by atoms with Crippen LogP contribution in [0, 0.1) is 11.3 Å². The van der Waals surface area contributed by atoms with Gasteiger partial charge in [-0.15, -0.1) is 0 Å². The standard InChI is InChI=1S/C18H17BrN2/c19-16-5-3-14(4-6-16)15-11-18(12-15)21-17-7-1-13(2-8-17)9-10-20/h1-8,15,18,21H,9,11-12H2. The molecule has 0 aliphatic heterocycles. The molecule has 0 aromatic heterocycles. The van der Waals surface area contributed by atoms with Gasteiger partial charge in [0.2, 0.25) is 0 Å². The fraction of sp³-hybridized carbons (Fsp3) is 0.278. The first-order valence-corrected chi connectivity index (χ1v) is 8.02. The zero-order valence-corrected chi connectivity index (χ0v) is 13.3. The van der Waals surface area contributed by atoms with E-state index in [4.69, 9.17) is 5.26 Å². The van der Waals surface area contributed by atoms with Crippen LogP contribution in [0.5, 0.6) is 0 Å². The van der Waals surface area contributed by atoms with Gasteiger partial charge in [-0.05, 0) is 54.2 Å². The average Bonchev–Trinajstić information content (AvgIpc) is 2.46. The summed E-state index contributed by atoms with van der Waals surface area (Å²) in [6, 6.07) is 19.6. The molecule has 0 bridgehead atoms. The van der Waals surface area contributed by atoms with Crippen LogP contribution in [0.25, 0.3) is 0 Å². The molecule has 2 aromatic rings. The molecule has 2 aromatic carbocycles. The SMILES string of the molecule is N#CCc1ccc(NC2CC(c3ccc(Br)cc3)C2)cc1. The Morgan fingerprint density at radius 3 is 2.33 bits per heavy atom. The highest BCUT2D eigenvalue weighted by atomic mass is 79.9. The van der Waals surface area contributed by atoms with E-state index in [9.17, 15) is 0 Å². The Hall–Kier alpha value is -1.79. The lowest BCUT2D eigenvalue weighted by atomic mass is 9.76. The molecule has 21 heavy (non-hydrogen) atoms. The number of halogens is 1. The minimum absolute atomic E-state index is 0.481. The third kappa shape index (κ3) is 3.46. The molecule has 0 amide bonds. The molecule has 2 nitrogen and oxygen atoms in total. The van der Waals surface area contributed by atoms with E-state index in [0.717, 1.165) is 15.7 Å². The molecule has 0 unspecified atom stereocenters. The van der Waals surface area contributed by atoms with Crippen molar-refractivity contribution in [1.29, 1.82) is 5.26 Å². The molecule has 1 N–H and O–H groups in total. The van der Waals surface area contributed by atoms with Gasteiger partial charge in [0, 0.05) is 16.2 Å². The van der Waals surface area contributed by atoms with Crippen LogP contribution >= 0.6 is 15.9 Å². The van der Waals surface area contributed by atoms with Crippen LogP contribution in [0.15, 0.2) is 53.0 Å². The second kappa shape index (κ2) is 6.32. The van der Waals surface area contributed by atoms with Crippen LogP contribution in [0.1, 0.15) is 29.9 Å². The zero-order chi connectivity index (χ0) is 14.7. The summed E-state index contributed by atoms with van der Waals surface area (Å²) in [5, 5.41) is 12.2. The summed E-state index contributed by atoms with van der Waals surface area (Å²) in [6.45, 7) is 0. The molecule has 0 spiro atoms. The Balaban J connectivity index is 1.52. The van der Waals surface area contributed by atoms with Crippen molar-refractivity contribution < 1.29 is 0 Å². The first kappa shape index (κ1) is 14.2. The highest BCUT2D eigenvalue weighted by Crippen LogP contribution is 2.38. The van der Waals surface area contributed by atoms with Crippen LogP contribution in [0.2, 0.25) is 0 Å². The van der Waals surface area contributed by atoms with E-state index in [1.165, 1.54) is 18.4 Å². The van der Waals surface area contributed by atoms with E-state index in [1.807, 2.05) is 12.1 Å². The molecule has 3 heteroatoms. The van der Waals surface area contributed by atoms with E-state index in [2.05, 4.69) is 63.7 Å². The van der Waals surface area contributed by atoms with Crippen LogP contribution in [0.4, 0.5) is 5.69 Å². The molecule has 1 saturated carbocycles. The van der Waals surface area contributed by atoms with Crippen molar-refractivity contribution in [1.82, 2.24) is 0 Å². The molecular weight excluding hydrogens is 324 g/mol. The lowest BCUT2D eigenvalue weighted by molar-refractivity contribution is 0.374. The maximum Gasteiger partial charge on any atom is 0.0669 e. The van der Waals surface area contributed by atoms with E-state index in [0.29, 0.717) is 18.4 Å². The van der Waals surface area contributed by atoms with E-state index in [-0.39, 0.29) is 0 Å². The normalized spacial score (nSPS) is 20.4. The Labute approximate surface area is 133 Å². The molecule has 0 radical (unpaired) electrons. The predicted octanol–water partition coefficient (Wildman–Crippen LogP) is 4.87. The van der Waals surface area contributed by atoms with Crippen LogP contribution in [-0.4, -0.2) is 6.04 Å². The van der Waals surface area contributed by atoms with Gasteiger partial charge in [0.15, 0.2) is 0 Å². The Morgan fingerprint density at radius 1 is 1.05 bits per heavy atom. The van der Waals surface area contributed by atoms with Crippen LogP contribution < -0.4 is 5.32 Å². The summed E-state index contributed by atoms with van der Waals surface area (Å²) in [5.41, 5.74) is 3.65. The molecule has 106 valence electrons. The van der Waals surface area contributed by atoms with Crippen molar-refractivity contribution in [3.63, 3.8) is 0 Å². The van der Waals surface area contributed by atoms with Gasteiger partial charge in [0.05, 0.1) is 12.5 Å². The Kier molecular flexibility index (Phi) is 4.26. The van der Waals surface area contributed by atoms with Gasteiger partial charge in [-0.1, -0.05) is 40.2 Å². The minimum atomic E-state index is 0.481. The smallest absolute Gasteiger partial charge is 0.0669 e. The number of benzene rings is 2. The number of nitriles is 1. The van der Waals surface area contributed by atoms with Crippen molar-refractivity contribution in [3.8, 4) is 6.07 Å². The average molecular weight is 341 g/mol. The van der Waals surface area contributed by atoms with Crippen molar-refractivity contribution in [2.24, 2.45) is 0 Å². The molecule has 1 fully saturated rings. The molecule has 0 heterocycles. The predicted molar refractivity (Wildman–Crippen MR) is 89.3 cm³/mol. The van der Waals surface area contributed by atoms with Crippen molar-refractivity contribution in [2.75, 3.05) is 5.32 Å². The molecule has 0 saturated heterocycles. The van der Waals surface area contributed by atoms with Gasteiger partial charge >= 0.3 is 0 Å². The summed E-state index contributed by atoms with van der Waals surface area (Å²) < 4.78 is 1.14. The van der Waals surface area contributed by atoms with Crippen LogP contribution in [0.3, 0.4) is 0 Å². The summed E-state index contributed by atoms with van der Waals surface area (Å²) in [5.74, 6) is 0.675. The maximum absolute atomic E-state index is 8.67. The van der Waals surface area contributed by atoms with Gasteiger partial charge in [-0.2, -0.15) is 5.26 Å². The maximum atomic E-state index is 8.67. The summed E-state index contributed by atoms with van der Waals surface area (Å²) in [6.07, 6.45) is 2.85. The molecule has 1 aliphatic rings. The van der Waals surface area contributed by atoms with Gasteiger partial charge in [0.25, 0.3) is 0 Å². The Bertz CT molecular complexity index is 634. The molecular formula is C18H17BrN2. The molecule has 3 rings (SSSR count). The second-order valence-electron chi connectivity index (χ2n) is 5.59. The van der Waals surface area contributed by atoms with Crippen molar-refractivity contribution in [3.05, 3.63) is 64.1 Å². The molecule has 1 aliphatic carbocycles. The number of nitrogens with zero attached hydrogens (tertiary/aromatic N) is 1. The fourth-order valence-electron chi connectivity index (χ4n) is 2.79. The lowest BCUT2D eigenvalue weighted by Gasteiger charge is -2.37. The number of hydrogen-bond donors (Lipinski definition) is 1. The lowest BCUT2D eigenvalue weighted by Crippen LogP contribution is -2.33. The number of rotatable bonds is 4. The van der Waals surface area contributed by atoms with Crippen LogP contribution in [-0.2, 0) is 6.42 Å². The summed E-state index contributed by atoms with van der Waals surface area (Å²) in [4.78, 5) is 0. The highest BCUT2D eigenvalue weighted by molar-refractivity contribution is 9.10. The van der Waals surface area contributed by atoms with Gasteiger partial charge in [-0.3, -0.25) is 0 Å². The van der Waals surface area contributed by atoms with Gasteiger partial charge < -0.3 is 5.32 Å². The highest BCUT2D eigenvalue weighted by Gasteiger charge is 2.29. The topological polar surface area (TPSA) is 35.8 Å². The first-order chi connectivity index (χ1) is 10.2. The van der Waals surface area contributed by atoms with Gasteiger partial charge in [-0.25, -0.2) is 0 Å². The van der Waals surface area contributed by atoms with Crippen molar-refractivity contribution in [2.45, 2.75) is 31.2 Å². The number of nitrogens with one attached hydrogen (secondary N) is 1. The quantitative estimate of drug-likeness (QED) is 0.861. The number of hydrogen-bond acceptors (Lipinski definition) is 2. The van der Waals surface area contributed by atoms with Crippen molar-refractivity contribution >= 4 is 21.6 Å². The monoisotopic (exact) mass is 340 g/mol. The number of anilines is 1. The third-order valence-electron chi connectivity index (χ3n) is 4.09. The van der Waals surface area contributed by atoms with E-state index < -0.39 is 0 Å². The summed E-state index contributed by atoms with van der Waals surface area (Å²) in [7, 11) is 0. The molecule has 0 atom stereocenters. The fourth-order valence-corrected chi connectivity index (χ4v) is 3.05. The summed E-state index contributed by atoms with van der Waals surface area (Å²) >= 11 is 3.48. The van der Waals surface area contributed by atoms with E-state index >= 15 is 0 Å². The minimum Gasteiger partial charge on any atom is -0.382 e. The Morgan fingerprint density at radius 2 is 1.71 bits per heavy atom. The zero-order valence-electron chi connectivity index (χ0n) is 11.7. The van der Waals surface area contributed by atoms with E-state index in [1.54, 1.807) is 0 Å². The second-order valence-corrected chi connectivity index (χ2v) is 6.51. The largest absolute Gasteiger partial charge is 0.382 e.